The molecule has 0 bridgehead atoms. The number of hydrogen-bond donors (Lipinski definition) is 3. The normalized spacial score (nSPS) is 14.0. The standard InChI is InChI=1S/C17H20N4O3S2/c22-17(12-25-11-13-2-1-9-18-10-13)20-19-14-5-7-16(8-6-14)26(23,24)21-15-3-4-15/h1-2,5-10,15,19,21H,3-4,11-12H2,(H,20,22). The second-order valence-corrected chi connectivity index (χ2v) is 8.65. The Morgan fingerprint density at radius 1 is 1.19 bits per heavy atom. The van der Waals surface area contributed by atoms with E-state index in [1.54, 1.807) is 24.5 Å². The maximum absolute atomic E-state index is 12.1. The fourth-order valence-electron chi connectivity index (χ4n) is 2.13. The van der Waals surface area contributed by atoms with E-state index in [0.29, 0.717) is 17.2 Å². The van der Waals surface area contributed by atoms with Gasteiger partial charge in [0.2, 0.25) is 15.9 Å². The van der Waals surface area contributed by atoms with E-state index >= 15 is 0 Å². The molecular formula is C17H20N4O3S2. The Kier molecular flexibility index (Phi) is 6.12. The number of nitrogens with one attached hydrogen (secondary N) is 3. The Hall–Kier alpha value is -2.10. The number of sulfonamides is 1. The van der Waals surface area contributed by atoms with Crippen LogP contribution in [-0.2, 0) is 20.6 Å². The molecule has 138 valence electrons. The SMILES string of the molecule is O=C(CSCc1cccnc1)NNc1ccc(S(=O)(=O)NC2CC2)cc1. The van der Waals surface area contributed by atoms with E-state index in [1.165, 1.54) is 23.9 Å². The maximum Gasteiger partial charge on any atom is 0.248 e. The molecule has 9 heteroatoms. The summed E-state index contributed by atoms with van der Waals surface area (Å²) in [7, 11) is -3.46. The highest BCUT2D eigenvalue weighted by Gasteiger charge is 2.27. The van der Waals surface area contributed by atoms with Crippen molar-refractivity contribution in [2.24, 2.45) is 0 Å². The molecule has 0 radical (unpaired) electrons. The first-order valence-corrected chi connectivity index (χ1v) is 10.8. The summed E-state index contributed by atoms with van der Waals surface area (Å²) >= 11 is 1.49. The van der Waals surface area contributed by atoms with Gasteiger partial charge in [-0.1, -0.05) is 6.07 Å². The number of anilines is 1. The van der Waals surface area contributed by atoms with E-state index < -0.39 is 10.0 Å². The van der Waals surface area contributed by atoms with Gasteiger partial charge < -0.3 is 0 Å². The van der Waals surface area contributed by atoms with E-state index in [-0.39, 0.29) is 16.8 Å². The van der Waals surface area contributed by atoms with Gasteiger partial charge in [-0.3, -0.25) is 20.6 Å². The molecule has 3 N–H and O–H groups in total. The van der Waals surface area contributed by atoms with E-state index in [1.807, 2.05) is 12.1 Å². The smallest absolute Gasteiger partial charge is 0.248 e. The van der Waals surface area contributed by atoms with Crippen LogP contribution in [-0.4, -0.2) is 31.1 Å². The molecule has 1 fully saturated rings. The van der Waals surface area contributed by atoms with Crippen molar-refractivity contribution in [1.29, 1.82) is 0 Å². The number of pyridine rings is 1. The first kappa shape index (κ1) is 18.7. The van der Waals surface area contributed by atoms with Gasteiger partial charge in [0.05, 0.1) is 16.3 Å². The lowest BCUT2D eigenvalue weighted by Gasteiger charge is -2.10. The van der Waals surface area contributed by atoms with E-state index in [2.05, 4.69) is 20.6 Å². The lowest BCUT2D eigenvalue weighted by Crippen LogP contribution is -2.31. The molecule has 2 aromatic rings. The van der Waals surface area contributed by atoms with Crippen molar-refractivity contribution in [3.63, 3.8) is 0 Å². The van der Waals surface area contributed by atoms with Crippen LogP contribution in [0.1, 0.15) is 18.4 Å². The van der Waals surface area contributed by atoms with Crippen LogP contribution >= 0.6 is 11.8 Å². The lowest BCUT2D eigenvalue weighted by atomic mass is 10.3. The topological polar surface area (TPSA) is 100 Å². The number of hydrogen-bond acceptors (Lipinski definition) is 6. The molecule has 1 heterocycles. The van der Waals surface area contributed by atoms with Crippen molar-refractivity contribution < 1.29 is 13.2 Å². The summed E-state index contributed by atoms with van der Waals surface area (Å²) in [6, 6.07) is 10.1. The van der Waals surface area contributed by atoms with Crippen LogP contribution in [0, 0.1) is 0 Å². The number of carbonyl (C=O) groups excluding carboxylic acids is 1. The zero-order valence-electron chi connectivity index (χ0n) is 14.0. The van der Waals surface area contributed by atoms with Crippen molar-refractivity contribution in [3.05, 3.63) is 54.4 Å². The van der Waals surface area contributed by atoms with Crippen molar-refractivity contribution in [1.82, 2.24) is 15.1 Å². The van der Waals surface area contributed by atoms with Crippen LogP contribution in [0.2, 0.25) is 0 Å². The van der Waals surface area contributed by atoms with Crippen LogP contribution in [0.5, 0.6) is 0 Å². The molecule has 1 amide bonds. The summed E-state index contributed by atoms with van der Waals surface area (Å²) in [5.41, 5.74) is 7.06. The van der Waals surface area contributed by atoms with Crippen LogP contribution in [0.25, 0.3) is 0 Å². The van der Waals surface area contributed by atoms with Gasteiger partial charge in [0.15, 0.2) is 0 Å². The fraction of sp³-hybridized carbons (Fsp3) is 0.294. The Morgan fingerprint density at radius 2 is 1.96 bits per heavy atom. The minimum Gasteiger partial charge on any atom is -0.299 e. The molecule has 1 aromatic carbocycles. The van der Waals surface area contributed by atoms with E-state index in [4.69, 9.17) is 0 Å². The van der Waals surface area contributed by atoms with E-state index in [9.17, 15) is 13.2 Å². The largest absolute Gasteiger partial charge is 0.299 e. The molecule has 0 aliphatic heterocycles. The average Bonchev–Trinajstić information content (AvgIpc) is 3.44. The van der Waals surface area contributed by atoms with E-state index in [0.717, 1.165) is 18.4 Å². The fourth-order valence-corrected chi connectivity index (χ4v) is 4.20. The van der Waals surface area contributed by atoms with Crippen molar-refractivity contribution in [3.8, 4) is 0 Å². The van der Waals surface area contributed by atoms with Crippen LogP contribution < -0.4 is 15.6 Å². The number of rotatable bonds is 9. The molecule has 0 saturated heterocycles. The molecule has 3 rings (SSSR count). The molecule has 1 saturated carbocycles. The number of aromatic nitrogens is 1. The predicted molar refractivity (Wildman–Crippen MR) is 102 cm³/mol. The minimum absolute atomic E-state index is 0.0706. The third-order valence-corrected chi connectivity index (χ3v) is 6.17. The highest BCUT2D eigenvalue weighted by atomic mass is 32.2. The molecule has 0 atom stereocenters. The quantitative estimate of drug-likeness (QED) is 0.564. The molecular weight excluding hydrogens is 372 g/mol. The molecule has 1 aliphatic rings. The summed E-state index contributed by atoms with van der Waals surface area (Å²) in [4.78, 5) is 16.1. The molecule has 1 aromatic heterocycles. The maximum atomic E-state index is 12.1. The average molecular weight is 393 g/mol. The van der Waals surface area contributed by atoms with Crippen molar-refractivity contribution in [2.45, 2.75) is 29.5 Å². The monoisotopic (exact) mass is 392 g/mol. The predicted octanol–water partition coefficient (Wildman–Crippen LogP) is 1.90. The highest BCUT2D eigenvalue weighted by molar-refractivity contribution is 7.99. The highest BCUT2D eigenvalue weighted by Crippen LogP contribution is 2.22. The van der Waals surface area contributed by atoms with Gasteiger partial charge in [-0.25, -0.2) is 13.1 Å². The van der Waals surface area contributed by atoms with Crippen LogP contribution in [0.3, 0.4) is 0 Å². The second kappa shape index (κ2) is 8.52. The van der Waals surface area contributed by atoms with Gasteiger partial charge >= 0.3 is 0 Å². The molecule has 7 nitrogen and oxygen atoms in total. The summed E-state index contributed by atoms with van der Waals surface area (Å²) in [5.74, 6) is 0.854. The summed E-state index contributed by atoms with van der Waals surface area (Å²) < 4.78 is 26.8. The minimum atomic E-state index is -3.46. The molecule has 0 spiro atoms. The Labute approximate surface area is 157 Å². The van der Waals surface area contributed by atoms with Crippen LogP contribution in [0.15, 0.2) is 53.7 Å². The molecule has 26 heavy (non-hydrogen) atoms. The second-order valence-electron chi connectivity index (χ2n) is 5.95. The third-order valence-electron chi connectivity index (χ3n) is 3.63. The number of hydrazine groups is 1. The van der Waals surface area contributed by atoms with Crippen molar-refractivity contribution >= 4 is 33.4 Å². The summed E-state index contributed by atoms with van der Waals surface area (Å²) in [6.45, 7) is 0. The first-order chi connectivity index (χ1) is 12.5. The zero-order chi connectivity index (χ0) is 18.4. The Morgan fingerprint density at radius 3 is 2.62 bits per heavy atom. The number of nitrogens with zero attached hydrogens (tertiary/aromatic N) is 1. The van der Waals surface area contributed by atoms with Gasteiger partial charge in [-0.15, -0.1) is 11.8 Å². The molecule has 0 unspecified atom stereocenters. The van der Waals surface area contributed by atoms with Gasteiger partial charge in [0.25, 0.3) is 0 Å². The number of benzene rings is 1. The number of amides is 1. The Balaban J connectivity index is 1.42. The summed E-state index contributed by atoms with van der Waals surface area (Å²) in [5, 5.41) is 0. The third kappa shape index (κ3) is 5.72. The lowest BCUT2D eigenvalue weighted by molar-refractivity contribution is -0.118. The van der Waals surface area contributed by atoms with Crippen LogP contribution in [0.4, 0.5) is 5.69 Å². The van der Waals surface area contributed by atoms with Gasteiger partial charge in [0, 0.05) is 24.2 Å². The Bertz CT molecular complexity index is 838. The first-order valence-electron chi connectivity index (χ1n) is 8.17. The number of thioether (sulfide) groups is 1. The summed E-state index contributed by atoms with van der Waals surface area (Å²) in [6.07, 6.45) is 5.27. The van der Waals surface area contributed by atoms with Gasteiger partial charge in [-0.05, 0) is 48.7 Å². The molecule has 1 aliphatic carbocycles. The van der Waals surface area contributed by atoms with Crippen molar-refractivity contribution in [2.75, 3.05) is 11.2 Å². The number of carbonyl (C=O) groups is 1. The van der Waals surface area contributed by atoms with Gasteiger partial charge in [-0.2, -0.15) is 0 Å². The zero-order valence-corrected chi connectivity index (χ0v) is 15.6. The van der Waals surface area contributed by atoms with Gasteiger partial charge in [0.1, 0.15) is 0 Å².